The summed E-state index contributed by atoms with van der Waals surface area (Å²) in [5, 5.41) is 2.89. The van der Waals surface area contributed by atoms with E-state index < -0.39 is 16.1 Å². The lowest BCUT2D eigenvalue weighted by atomic mass is 10.1. The fraction of sp³-hybridized carbons (Fsp3) is 0.161. The van der Waals surface area contributed by atoms with Gasteiger partial charge >= 0.3 is 0 Å². The van der Waals surface area contributed by atoms with Crippen LogP contribution in [0.2, 0.25) is 0 Å². The van der Waals surface area contributed by atoms with Crippen LogP contribution in [0.15, 0.2) is 114 Å². The number of nitrogens with one attached hydrogen (secondary N) is 1. The Morgan fingerprint density at radius 1 is 0.850 bits per heavy atom. The third-order valence-corrected chi connectivity index (χ3v) is 8.53. The number of fused-ring (bicyclic) bond motifs is 1. The molecular weight excluding hydrogens is 526 g/mol. The average Bonchev–Trinajstić information content (AvgIpc) is 3.00. The van der Waals surface area contributed by atoms with Crippen molar-refractivity contribution < 1.29 is 22.7 Å². The lowest BCUT2D eigenvalue weighted by Crippen LogP contribution is -2.51. The Bertz CT molecular complexity index is 1590. The van der Waals surface area contributed by atoms with Crippen molar-refractivity contribution in [1.29, 1.82) is 0 Å². The molecule has 2 amide bonds. The van der Waals surface area contributed by atoms with Gasteiger partial charge in [0.15, 0.2) is 6.10 Å². The van der Waals surface area contributed by atoms with Crippen LogP contribution in [0.3, 0.4) is 0 Å². The molecule has 8 nitrogen and oxygen atoms in total. The summed E-state index contributed by atoms with van der Waals surface area (Å²) in [7, 11) is -2.21. The first kappa shape index (κ1) is 27.0. The number of para-hydroxylation sites is 2. The van der Waals surface area contributed by atoms with Gasteiger partial charge in [-0.3, -0.25) is 13.9 Å². The number of hydrogen-bond donors (Lipinski definition) is 1. The summed E-state index contributed by atoms with van der Waals surface area (Å²) in [5.74, 6) is -0.0390. The van der Waals surface area contributed by atoms with Crippen LogP contribution in [-0.4, -0.2) is 39.9 Å². The van der Waals surface area contributed by atoms with Gasteiger partial charge in [-0.15, -0.1) is 0 Å². The molecule has 0 radical (unpaired) electrons. The Hall–Kier alpha value is -4.63. The van der Waals surface area contributed by atoms with Gasteiger partial charge in [0.25, 0.3) is 15.9 Å². The van der Waals surface area contributed by atoms with Crippen LogP contribution >= 0.6 is 0 Å². The van der Waals surface area contributed by atoms with E-state index in [1.807, 2.05) is 36.4 Å². The summed E-state index contributed by atoms with van der Waals surface area (Å²) in [6.45, 7) is 0.433. The van der Waals surface area contributed by atoms with Gasteiger partial charge in [0.05, 0.1) is 29.2 Å². The van der Waals surface area contributed by atoms with Crippen LogP contribution in [0.1, 0.15) is 11.1 Å². The number of benzene rings is 4. The van der Waals surface area contributed by atoms with Gasteiger partial charge in [-0.05, 0) is 47.5 Å². The number of hydrogen-bond acceptors (Lipinski definition) is 5. The van der Waals surface area contributed by atoms with E-state index in [4.69, 9.17) is 4.74 Å². The molecule has 0 fully saturated rings. The molecule has 0 saturated carbocycles. The zero-order chi connectivity index (χ0) is 28.1. The van der Waals surface area contributed by atoms with E-state index in [1.165, 1.54) is 11.4 Å². The number of rotatable bonds is 8. The van der Waals surface area contributed by atoms with Gasteiger partial charge in [-0.25, -0.2) is 8.42 Å². The minimum atomic E-state index is -3.71. The molecule has 9 heteroatoms. The van der Waals surface area contributed by atoms with Gasteiger partial charge in [0.1, 0.15) is 5.75 Å². The Balaban J connectivity index is 1.28. The zero-order valence-electron chi connectivity index (χ0n) is 21.9. The predicted molar refractivity (Wildman–Crippen MR) is 154 cm³/mol. The first-order chi connectivity index (χ1) is 19.3. The Kier molecular flexibility index (Phi) is 7.84. The number of carbonyl (C=O) groups is 2. The summed E-state index contributed by atoms with van der Waals surface area (Å²) in [6, 6.07) is 31.8. The van der Waals surface area contributed by atoms with Crippen molar-refractivity contribution in [2.24, 2.45) is 0 Å². The SMILES string of the molecule is CN(c1ccc(CC(=O)N2C[C@H](C(=O)NCc3ccccc3)Oc3ccccc32)cc1)S(=O)(=O)c1ccccc1. The number of carbonyl (C=O) groups excluding carboxylic acids is 2. The predicted octanol–water partition coefficient (Wildman–Crippen LogP) is 4.16. The first-order valence-electron chi connectivity index (χ1n) is 12.8. The average molecular weight is 556 g/mol. The number of sulfonamides is 1. The molecule has 0 aromatic heterocycles. The van der Waals surface area contributed by atoms with Gasteiger partial charge in [0, 0.05) is 13.6 Å². The van der Waals surface area contributed by atoms with Crippen molar-refractivity contribution in [1.82, 2.24) is 5.32 Å². The molecule has 1 atom stereocenters. The molecular formula is C31H29N3O5S. The molecule has 1 aliphatic heterocycles. The van der Waals surface area contributed by atoms with E-state index in [-0.39, 0.29) is 29.7 Å². The molecule has 0 spiro atoms. The van der Waals surface area contributed by atoms with E-state index >= 15 is 0 Å². The quantitative estimate of drug-likeness (QED) is 0.352. The topological polar surface area (TPSA) is 96.0 Å². The van der Waals surface area contributed by atoms with Crippen molar-refractivity contribution in [2.45, 2.75) is 24.0 Å². The Labute approximate surface area is 233 Å². The van der Waals surface area contributed by atoms with Crippen molar-refractivity contribution in [3.63, 3.8) is 0 Å². The van der Waals surface area contributed by atoms with Crippen LogP contribution in [0.25, 0.3) is 0 Å². The molecule has 0 aliphatic carbocycles. The third kappa shape index (κ3) is 5.84. The summed E-state index contributed by atoms with van der Waals surface area (Å²) in [5.41, 5.74) is 2.76. The van der Waals surface area contributed by atoms with Crippen molar-refractivity contribution in [2.75, 3.05) is 22.8 Å². The highest BCUT2D eigenvalue weighted by atomic mass is 32.2. The highest BCUT2D eigenvalue weighted by molar-refractivity contribution is 7.92. The molecule has 1 aliphatic rings. The zero-order valence-corrected chi connectivity index (χ0v) is 22.8. The second kappa shape index (κ2) is 11.6. The van der Waals surface area contributed by atoms with Crippen LogP contribution in [0.4, 0.5) is 11.4 Å². The molecule has 1 N–H and O–H groups in total. The number of anilines is 2. The van der Waals surface area contributed by atoms with Gasteiger partial charge < -0.3 is 15.0 Å². The smallest absolute Gasteiger partial charge is 0.264 e. The fourth-order valence-electron chi connectivity index (χ4n) is 4.49. The highest BCUT2D eigenvalue weighted by Gasteiger charge is 2.33. The van der Waals surface area contributed by atoms with Crippen LogP contribution in [0.5, 0.6) is 5.75 Å². The normalized spacial score (nSPS) is 14.5. The fourth-order valence-corrected chi connectivity index (χ4v) is 5.71. The molecule has 1 heterocycles. The summed E-state index contributed by atoms with van der Waals surface area (Å²) < 4.78 is 33.1. The molecule has 4 aromatic rings. The van der Waals surface area contributed by atoms with Crippen LogP contribution in [0, 0.1) is 0 Å². The molecule has 4 aromatic carbocycles. The summed E-state index contributed by atoms with van der Waals surface area (Å²) in [4.78, 5) is 28.2. The van der Waals surface area contributed by atoms with Gasteiger partial charge in [-0.1, -0.05) is 72.8 Å². The molecule has 40 heavy (non-hydrogen) atoms. The minimum absolute atomic E-state index is 0.0715. The first-order valence-corrected chi connectivity index (χ1v) is 14.3. The largest absolute Gasteiger partial charge is 0.477 e. The second-order valence-electron chi connectivity index (χ2n) is 9.41. The van der Waals surface area contributed by atoms with Gasteiger partial charge in [-0.2, -0.15) is 0 Å². The summed E-state index contributed by atoms with van der Waals surface area (Å²) >= 11 is 0. The van der Waals surface area contributed by atoms with Crippen LogP contribution < -0.4 is 19.3 Å². The third-order valence-electron chi connectivity index (χ3n) is 6.73. The van der Waals surface area contributed by atoms with Crippen LogP contribution in [-0.2, 0) is 32.6 Å². The number of nitrogens with zero attached hydrogens (tertiary/aromatic N) is 2. The molecule has 5 rings (SSSR count). The van der Waals surface area contributed by atoms with E-state index in [0.29, 0.717) is 29.2 Å². The van der Waals surface area contributed by atoms with E-state index in [0.717, 1.165) is 5.56 Å². The molecule has 0 saturated heterocycles. The van der Waals surface area contributed by atoms with Gasteiger partial charge in [0.2, 0.25) is 5.91 Å². The van der Waals surface area contributed by atoms with Crippen molar-refractivity contribution in [3.05, 3.63) is 120 Å². The maximum atomic E-state index is 13.5. The number of amides is 2. The van der Waals surface area contributed by atoms with E-state index in [9.17, 15) is 18.0 Å². The van der Waals surface area contributed by atoms with E-state index in [2.05, 4.69) is 5.32 Å². The monoisotopic (exact) mass is 555 g/mol. The lowest BCUT2D eigenvalue weighted by molar-refractivity contribution is -0.128. The Morgan fingerprint density at radius 2 is 1.48 bits per heavy atom. The summed E-state index contributed by atoms with van der Waals surface area (Å²) in [6.07, 6.45) is -0.788. The Morgan fingerprint density at radius 3 is 2.17 bits per heavy atom. The maximum Gasteiger partial charge on any atom is 0.264 e. The minimum Gasteiger partial charge on any atom is -0.477 e. The maximum absolute atomic E-state index is 13.5. The molecule has 204 valence electrons. The number of ether oxygens (including phenoxy) is 1. The lowest BCUT2D eigenvalue weighted by Gasteiger charge is -2.34. The van der Waals surface area contributed by atoms with Crippen molar-refractivity contribution >= 4 is 33.2 Å². The van der Waals surface area contributed by atoms with E-state index in [1.54, 1.807) is 77.7 Å². The second-order valence-corrected chi connectivity index (χ2v) is 11.4. The highest BCUT2D eigenvalue weighted by Crippen LogP contribution is 2.34. The molecule has 0 bridgehead atoms. The standard InChI is InChI=1S/C31H29N3O5S/c1-33(40(37,38)26-12-6-3-7-13-26)25-18-16-23(17-19-25)20-30(35)34-22-29(39-28-15-9-8-14-27(28)34)31(36)32-21-24-10-4-2-5-11-24/h2-19,29H,20-22H2,1H3,(H,32,36)/t29-/m1/s1. The molecule has 0 unspecified atom stereocenters. The van der Waals surface area contributed by atoms with Crippen molar-refractivity contribution in [3.8, 4) is 5.75 Å².